The van der Waals surface area contributed by atoms with Gasteiger partial charge in [0.15, 0.2) is 5.79 Å². The van der Waals surface area contributed by atoms with E-state index in [0.717, 1.165) is 38.5 Å². The SMILES string of the molecule is CC1CC(N)CN(C2CCC3(CC2)OCCO3)C1. The third-order valence-corrected chi connectivity index (χ3v) is 4.77. The first-order valence-electron chi connectivity index (χ1n) is 7.44. The van der Waals surface area contributed by atoms with Gasteiger partial charge in [-0.25, -0.2) is 0 Å². The average Bonchev–Trinajstić information content (AvgIpc) is 2.77. The van der Waals surface area contributed by atoms with Crippen LogP contribution in [-0.2, 0) is 9.47 Å². The fourth-order valence-electron chi connectivity index (χ4n) is 3.93. The van der Waals surface area contributed by atoms with Gasteiger partial charge in [-0.05, 0) is 25.2 Å². The van der Waals surface area contributed by atoms with Crippen LogP contribution in [0.15, 0.2) is 0 Å². The van der Waals surface area contributed by atoms with Crippen molar-refractivity contribution in [1.82, 2.24) is 4.90 Å². The minimum absolute atomic E-state index is 0.222. The summed E-state index contributed by atoms with van der Waals surface area (Å²) in [7, 11) is 0. The zero-order valence-corrected chi connectivity index (χ0v) is 11.4. The number of rotatable bonds is 1. The molecule has 2 N–H and O–H groups in total. The topological polar surface area (TPSA) is 47.7 Å². The van der Waals surface area contributed by atoms with E-state index >= 15 is 0 Å². The molecule has 104 valence electrons. The molecular weight excluding hydrogens is 228 g/mol. The van der Waals surface area contributed by atoms with Crippen LogP contribution in [0.1, 0.15) is 39.0 Å². The highest BCUT2D eigenvalue weighted by molar-refractivity contribution is 4.90. The van der Waals surface area contributed by atoms with Gasteiger partial charge in [-0.1, -0.05) is 6.92 Å². The molecule has 4 nitrogen and oxygen atoms in total. The van der Waals surface area contributed by atoms with Crippen LogP contribution in [0, 0.1) is 5.92 Å². The molecule has 0 radical (unpaired) electrons. The molecule has 0 bridgehead atoms. The van der Waals surface area contributed by atoms with Crippen LogP contribution in [0.3, 0.4) is 0 Å². The Morgan fingerprint density at radius 2 is 1.78 bits per heavy atom. The van der Waals surface area contributed by atoms with E-state index in [2.05, 4.69) is 11.8 Å². The molecule has 1 saturated carbocycles. The van der Waals surface area contributed by atoms with Crippen molar-refractivity contribution in [2.75, 3.05) is 26.3 Å². The van der Waals surface area contributed by atoms with E-state index in [1.165, 1.54) is 25.8 Å². The predicted octanol–water partition coefficient (Wildman–Crippen LogP) is 1.34. The van der Waals surface area contributed by atoms with E-state index < -0.39 is 0 Å². The van der Waals surface area contributed by atoms with Gasteiger partial charge in [-0.3, -0.25) is 4.90 Å². The van der Waals surface area contributed by atoms with E-state index in [9.17, 15) is 0 Å². The summed E-state index contributed by atoms with van der Waals surface area (Å²) in [5.74, 6) is 0.517. The van der Waals surface area contributed by atoms with E-state index in [1.54, 1.807) is 0 Å². The van der Waals surface area contributed by atoms with Gasteiger partial charge < -0.3 is 15.2 Å². The van der Waals surface area contributed by atoms with E-state index in [4.69, 9.17) is 15.2 Å². The van der Waals surface area contributed by atoms with Crippen molar-refractivity contribution >= 4 is 0 Å². The average molecular weight is 254 g/mol. The zero-order chi connectivity index (χ0) is 12.6. The van der Waals surface area contributed by atoms with Crippen molar-refractivity contribution in [2.45, 2.75) is 56.9 Å². The number of likely N-dealkylation sites (tertiary alicyclic amines) is 1. The van der Waals surface area contributed by atoms with Gasteiger partial charge in [0, 0.05) is 38.0 Å². The van der Waals surface area contributed by atoms with E-state index in [-0.39, 0.29) is 5.79 Å². The van der Waals surface area contributed by atoms with Crippen molar-refractivity contribution in [2.24, 2.45) is 11.7 Å². The van der Waals surface area contributed by atoms with Crippen LogP contribution in [0.4, 0.5) is 0 Å². The van der Waals surface area contributed by atoms with Crippen molar-refractivity contribution in [1.29, 1.82) is 0 Å². The lowest BCUT2D eigenvalue weighted by atomic mass is 9.86. The Morgan fingerprint density at radius 3 is 2.39 bits per heavy atom. The van der Waals surface area contributed by atoms with Crippen LogP contribution in [-0.4, -0.2) is 49.1 Å². The molecular formula is C14H26N2O2. The Balaban J connectivity index is 1.55. The van der Waals surface area contributed by atoms with Crippen LogP contribution in [0.5, 0.6) is 0 Å². The Morgan fingerprint density at radius 1 is 1.11 bits per heavy atom. The summed E-state index contributed by atoms with van der Waals surface area (Å²) in [6.45, 7) is 6.16. The fourth-order valence-corrected chi connectivity index (χ4v) is 3.93. The molecule has 0 amide bonds. The van der Waals surface area contributed by atoms with Gasteiger partial charge in [0.05, 0.1) is 13.2 Å². The molecule has 2 saturated heterocycles. The van der Waals surface area contributed by atoms with Gasteiger partial charge in [-0.15, -0.1) is 0 Å². The first-order chi connectivity index (χ1) is 8.67. The molecule has 2 aliphatic heterocycles. The van der Waals surface area contributed by atoms with Crippen molar-refractivity contribution in [3.8, 4) is 0 Å². The number of ether oxygens (including phenoxy) is 2. The summed E-state index contributed by atoms with van der Waals surface area (Å²) in [5, 5.41) is 0. The summed E-state index contributed by atoms with van der Waals surface area (Å²) < 4.78 is 11.6. The Kier molecular flexibility index (Phi) is 3.63. The van der Waals surface area contributed by atoms with E-state index in [0.29, 0.717) is 12.1 Å². The Bertz CT molecular complexity index is 272. The molecule has 1 aliphatic carbocycles. The smallest absolute Gasteiger partial charge is 0.168 e. The molecule has 2 heterocycles. The summed E-state index contributed by atoms with van der Waals surface area (Å²) in [6, 6.07) is 1.06. The normalized spacial score (nSPS) is 38.3. The van der Waals surface area contributed by atoms with Crippen LogP contribution in [0.25, 0.3) is 0 Å². The maximum absolute atomic E-state index is 6.15. The maximum Gasteiger partial charge on any atom is 0.168 e. The minimum atomic E-state index is -0.222. The first kappa shape index (κ1) is 12.9. The molecule has 3 rings (SSSR count). The van der Waals surface area contributed by atoms with Crippen LogP contribution < -0.4 is 5.73 Å². The minimum Gasteiger partial charge on any atom is -0.348 e. The molecule has 2 atom stereocenters. The number of piperidine rings is 1. The van der Waals surface area contributed by atoms with Gasteiger partial charge >= 0.3 is 0 Å². The number of nitrogens with two attached hydrogens (primary N) is 1. The van der Waals surface area contributed by atoms with Gasteiger partial charge in [0.25, 0.3) is 0 Å². The highest BCUT2D eigenvalue weighted by Crippen LogP contribution is 2.38. The highest BCUT2D eigenvalue weighted by atomic mass is 16.7. The number of hydrogen-bond donors (Lipinski definition) is 1. The third kappa shape index (κ3) is 2.57. The molecule has 0 aromatic rings. The summed E-state index contributed by atoms with van der Waals surface area (Å²) in [4.78, 5) is 2.61. The molecule has 4 heteroatoms. The second kappa shape index (κ2) is 5.08. The predicted molar refractivity (Wildman–Crippen MR) is 70.2 cm³/mol. The number of hydrogen-bond acceptors (Lipinski definition) is 4. The summed E-state index contributed by atoms with van der Waals surface area (Å²) in [6.07, 6.45) is 5.67. The van der Waals surface area contributed by atoms with Gasteiger partial charge in [0.2, 0.25) is 0 Å². The van der Waals surface area contributed by atoms with Crippen molar-refractivity contribution in [3.05, 3.63) is 0 Å². The summed E-state index contributed by atoms with van der Waals surface area (Å²) in [5.41, 5.74) is 6.15. The molecule has 0 aromatic heterocycles. The third-order valence-electron chi connectivity index (χ3n) is 4.77. The second-order valence-electron chi connectivity index (χ2n) is 6.39. The molecule has 3 aliphatic rings. The quantitative estimate of drug-likeness (QED) is 0.767. The molecule has 0 aromatic carbocycles. The Labute approximate surface area is 110 Å². The molecule has 2 unspecified atom stereocenters. The molecule has 3 fully saturated rings. The lowest BCUT2D eigenvalue weighted by molar-refractivity contribution is -0.184. The lowest BCUT2D eigenvalue weighted by Crippen LogP contribution is -2.52. The Hall–Kier alpha value is -0.160. The van der Waals surface area contributed by atoms with Gasteiger partial charge in [0.1, 0.15) is 0 Å². The first-order valence-corrected chi connectivity index (χ1v) is 7.44. The van der Waals surface area contributed by atoms with Crippen molar-refractivity contribution in [3.63, 3.8) is 0 Å². The van der Waals surface area contributed by atoms with Crippen LogP contribution in [0.2, 0.25) is 0 Å². The maximum atomic E-state index is 6.15. The zero-order valence-electron chi connectivity index (χ0n) is 11.4. The number of nitrogens with zero attached hydrogens (tertiary/aromatic N) is 1. The highest BCUT2D eigenvalue weighted by Gasteiger charge is 2.42. The lowest BCUT2D eigenvalue weighted by Gasteiger charge is -2.44. The standard InChI is InChI=1S/C14H26N2O2/c1-11-8-12(15)10-16(9-11)13-2-4-14(5-3-13)17-6-7-18-14/h11-13H,2-10,15H2,1H3. The fraction of sp³-hybridized carbons (Fsp3) is 1.00. The monoisotopic (exact) mass is 254 g/mol. The van der Waals surface area contributed by atoms with E-state index in [1.807, 2.05) is 0 Å². The van der Waals surface area contributed by atoms with Gasteiger partial charge in [-0.2, -0.15) is 0 Å². The largest absolute Gasteiger partial charge is 0.348 e. The molecule has 1 spiro atoms. The van der Waals surface area contributed by atoms with Crippen LogP contribution >= 0.6 is 0 Å². The molecule has 18 heavy (non-hydrogen) atoms. The second-order valence-corrected chi connectivity index (χ2v) is 6.39. The summed E-state index contributed by atoms with van der Waals surface area (Å²) >= 11 is 0. The van der Waals surface area contributed by atoms with Crippen molar-refractivity contribution < 1.29 is 9.47 Å².